The van der Waals surface area contributed by atoms with E-state index in [9.17, 15) is 4.39 Å². The summed E-state index contributed by atoms with van der Waals surface area (Å²) in [5.74, 6) is 1.46. The van der Waals surface area contributed by atoms with Crippen LogP contribution in [0.4, 0.5) is 10.2 Å². The quantitative estimate of drug-likeness (QED) is 0.735. The van der Waals surface area contributed by atoms with Crippen molar-refractivity contribution in [1.29, 1.82) is 0 Å². The molecule has 5 rings (SSSR count). The van der Waals surface area contributed by atoms with Gasteiger partial charge in [0.25, 0.3) is 0 Å². The third-order valence-electron chi connectivity index (χ3n) is 5.96. The van der Waals surface area contributed by atoms with Gasteiger partial charge in [0.15, 0.2) is 0 Å². The molecule has 29 heavy (non-hydrogen) atoms. The van der Waals surface area contributed by atoms with Gasteiger partial charge in [0.2, 0.25) is 0 Å². The molecule has 2 atom stereocenters. The van der Waals surface area contributed by atoms with Crippen LogP contribution in [0.3, 0.4) is 0 Å². The van der Waals surface area contributed by atoms with Gasteiger partial charge in [-0.3, -0.25) is 0 Å². The maximum Gasteiger partial charge on any atom is 0.149 e. The van der Waals surface area contributed by atoms with Crippen LogP contribution in [0.15, 0.2) is 36.5 Å². The van der Waals surface area contributed by atoms with Gasteiger partial charge in [-0.2, -0.15) is 0 Å². The van der Waals surface area contributed by atoms with E-state index in [2.05, 4.69) is 23.2 Å². The summed E-state index contributed by atoms with van der Waals surface area (Å²) in [6, 6.07) is 9.65. The summed E-state index contributed by atoms with van der Waals surface area (Å²) in [5.41, 5.74) is 2.06. The number of ether oxygens (including phenoxy) is 1. The molecule has 0 aliphatic carbocycles. The Kier molecular flexibility index (Phi) is 4.93. The number of rotatable bonds is 4. The van der Waals surface area contributed by atoms with Crippen LogP contribution in [0.25, 0.3) is 22.4 Å². The Labute approximate surface area is 169 Å². The van der Waals surface area contributed by atoms with Crippen LogP contribution in [-0.2, 0) is 11.3 Å². The summed E-state index contributed by atoms with van der Waals surface area (Å²) in [4.78, 5) is 11.8. The number of pyridine rings is 1. The lowest BCUT2D eigenvalue weighted by molar-refractivity contribution is 0.0190. The predicted octanol–water partition coefficient (Wildman–Crippen LogP) is 3.21. The van der Waals surface area contributed by atoms with Crippen molar-refractivity contribution >= 4 is 16.9 Å². The van der Waals surface area contributed by atoms with Gasteiger partial charge in [0.05, 0.1) is 24.8 Å². The molecular weight excluding hydrogens is 369 g/mol. The van der Waals surface area contributed by atoms with Crippen molar-refractivity contribution in [2.24, 2.45) is 0 Å². The third kappa shape index (κ3) is 3.49. The largest absolute Gasteiger partial charge is 0.374 e. The van der Waals surface area contributed by atoms with Crippen molar-refractivity contribution in [3.63, 3.8) is 0 Å². The molecule has 1 N–H and O–H groups in total. The number of anilines is 1. The molecule has 7 heteroatoms. The van der Waals surface area contributed by atoms with Gasteiger partial charge in [-0.05, 0) is 44.0 Å². The summed E-state index contributed by atoms with van der Waals surface area (Å²) < 4.78 is 22.5. The topological polar surface area (TPSA) is 55.2 Å². The summed E-state index contributed by atoms with van der Waals surface area (Å²) >= 11 is 0. The Morgan fingerprint density at radius 2 is 2.21 bits per heavy atom. The fourth-order valence-electron chi connectivity index (χ4n) is 4.44. The molecule has 4 heterocycles. The molecule has 2 aliphatic rings. The number of imidazole rings is 1. The van der Waals surface area contributed by atoms with E-state index in [0.717, 1.165) is 36.8 Å². The second-order valence-corrected chi connectivity index (χ2v) is 7.94. The van der Waals surface area contributed by atoms with E-state index in [1.54, 1.807) is 6.07 Å². The van der Waals surface area contributed by atoms with Crippen LogP contribution in [0.5, 0.6) is 0 Å². The number of halogens is 1. The van der Waals surface area contributed by atoms with Crippen molar-refractivity contribution in [2.75, 3.05) is 31.1 Å². The molecule has 152 valence electrons. The predicted molar refractivity (Wildman–Crippen MR) is 112 cm³/mol. The minimum Gasteiger partial charge on any atom is -0.374 e. The summed E-state index contributed by atoms with van der Waals surface area (Å²) in [5, 5.41) is 3.34. The van der Waals surface area contributed by atoms with Gasteiger partial charge in [0.1, 0.15) is 23.0 Å². The molecule has 3 aromatic rings. The zero-order chi connectivity index (χ0) is 19.8. The van der Waals surface area contributed by atoms with Crippen LogP contribution in [0.1, 0.15) is 19.8 Å². The fourth-order valence-corrected chi connectivity index (χ4v) is 4.44. The van der Waals surface area contributed by atoms with Crippen molar-refractivity contribution in [2.45, 2.75) is 38.5 Å². The number of benzene rings is 1. The summed E-state index contributed by atoms with van der Waals surface area (Å²) in [6.45, 7) is 6.09. The normalized spacial score (nSPS) is 22.5. The monoisotopic (exact) mass is 395 g/mol. The van der Waals surface area contributed by atoms with E-state index < -0.39 is 0 Å². The zero-order valence-electron chi connectivity index (χ0n) is 16.6. The van der Waals surface area contributed by atoms with Crippen molar-refractivity contribution in [3.05, 3.63) is 42.3 Å². The highest BCUT2D eigenvalue weighted by atomic mass is 19.1. The van der Waals surface area contributed by atoms with Gasteiger partial charge in [0, 0.05) is 37.4 Å². The first-order chi connectivity index (χ1) is 14.2. The van der Waals surface area contributed by atoms with Gasteiger partial charge in [-0.25, -0.2) is 14.4 Å². The lowest BCUT2D eigenvalue weighted by Crippen LogP contribution is -2.40. The Morgan fingerprint density at radius 1 is 1.28 bits per heavy atom. The summed E-state index contributed by atoms with van der Waals surface area (Å²) in [7, 11) is 0. The maximum atomic E-state index is 14.7. The van der Waals surface area contributed by atoms with E-state index in [-0.39, 0.29) is 11.9 Å². The second-order valence-electron chi connectivity index (χ2n) is 7.94. The van der Waals surface area contributed by atoms with Gasteiger partial charge < -0.3 is 19.5 Å². The van der Waals surface area contributed by atoms with Gasteiger partial charge in [-0.15, -0.1) is 0 Å². The molecule has 2 aliphatic heterocycles. The van der Waals surface area contributed by atoms with Crippen LogP contribution < -0.4 is 10.2 Å². The average Bonchev–Trinajstić information content (AvgIpc) is 3.33. The Morgan fingerprint density at radius 3 is 2.93 bits per heavy atom. The molecule has 2 fully saturated rings. The number of hydrogen-bond donors (Lipinski definition) is 1. The number of nitrogens with one attached hydrogen (secondary N) is 1. The fraction of sp³-hybridized carbons (Fsp3) is 0.455. The number of nitrogens with zero attached hydrogens (tertiary/aromatic N) is 4. The van der Waals surface area contributed by atoms with E-state index in [1.165, 1.54) is 18.9 Å². The molecular formula is C22H26FN5O. The molecule has 0 saturated carbocycles. The molecule has 1 aromatic carbocycles. The first-order valence-electron chi connectivity index (χ1n) is 10.4. The van der Waals surface area contributed by atoms with Crippen LogP contribution >= 0.6 is 0 Å². The Hall–Kier alpha value is -2.51. The first-order valence-corrected chi connectivity index (χ1v) is 10.4. The van der Waals surface area contributed by atoms with E-state index in [1.807, 2.05) is 22.9 Å². The highest BCUT2D eigenvalue weighted by molar-refractivity contribution is 5.81. The molecule has 1 unspecified atom stereocenters. The molecule has 2 aromatic heterocycles. The van der Waals surface area contributed by atoms with Gasteiger partial charge >= 0.3 is 0 Å². The van der Waals surface area contributed by atoms with E-state index in [4.69, 9.17) is 14.7 Å². The van der Waals surface area contributed by atoms with Crippen molar-refractivity contribution < 1.29 is 9.13 Å². The van der Waals surface area contributed by atoms with Crippen LogP contribution in [0.2, 0.25) is 0 Å². The Balaban J connectivity index is 1.53. The Bertz CT molecular complexity index is 996. The third-order valence-corrected chi connectivity index (χ3v) is 5.96. The average molecular weight is 395 g/mol. The van der Waals surface area contributed by atoms with Crippen LogP contribution in [-0.4, -0.2) is 52.9 Å². The lowest BCUT2D eigenvalue weighted by atomic mass is 10.2. The number of aromatic nitrogens is 3. The number of para-hydroxylation sites is 1. The molecule has 0 bridgehead atoms. The molecule has 0 amide bonds. The number of fused-ring (bicyclic) bond motifs is 1. The number of morpholine rings is 1. The lowest BCUT2D eigenvalue weighted by Gasteiger charge is -2.25. The zero-order valence-corrected chi connectivity index (χ0v) is 16.6. The summed E-state index contributed by atoms with van der Waals surface area (Å²) in [6.07, 6.45) is 4.25. The maximum absolute atomic E-state index is 14.7. The molecule has 2 saturated heterocycles. The first kappa shape index (κ1) is 18.5. The minimum absolute atomic E-state index is 0.0165. The van der Waals surface area contributed by atoms with Crippen LogP contribution in [0, 0.1) is 5.82 Å². The van der Waals surface area contributed by atoms with Gasteiger partial charge in [-0.1, -0.05) is 6.07 Å². The molecule has 6 nitrogen and oxygen atoms in total. The molecule has 0 radical (unpaired) electrons. The minimum atomic E-state index is -0.263. The van der Waals surface area contributed by atoms with E-state index >= 15 is 0 Å². The standard InChI is InChI=1S/C22H26FN5O/c1-15-4-3-10-27(15)20-8-7-16(12-25-20)22-26-19-6-2-5-18(23)21(19)28(22)14-17-13-24-9-11-29-17/h2,5-8,12,15,17,24H,3-4,9-11,13-14H2,1H3/t15?,17-/m0/s1. The SMILES string of the molecule is CC1CCCN1c1ccc(-c2nc3cccc(F)c3n2C[C@@H]2CNCCO2)cn1. The second kappa shape index (κ2) is 7.72. The van der Waals surface area contributed by atoms with Crippen molar-refractivity contribution in [3.8, 4) is 11.4 Å². The van der Waals surface area contributed by atoms with E-state index in [0.29, 0.717) is 30.2 Å². The smallest absolute Gasteiger partial charge is 0.149 e. The highest BCUT2D eigenvalue weighted by Gasteiger charge is 2.23. The molecule has 0 spiro atoms. The van der Waals surface area contributed by atoms with Crippen molar-refractivity contribution in [1.82, 2.24) is 19.9 Å². The highest BCUT2D eigenvalue weighted by Crippen LogP contribution is 2.29. The number of hydrogen-bond acceptors (Lipinski definition) is 5.